The van der Waals surface area contributed by atoms with Crippen LogP contribution in [-0.4, -0.2) is 97.3 Å². The van der Waals surface area contributed by atoms with E-state index in [9.17, 15) is 58.2 Å². The summed E-state index contributed by atoms with van der Waals surface area (Å²) in [5.74, 6) is -3.10. The number of halogens is 6. The summed E-state index contributed by atoms with van der Waals surface area (Å²) in [5.41, 5.74) is 4.23. The van der Waals surface area contributed by atoms with Gasteiger partial charge in [-0.2, -0.15) is 0 Å². The Morgan fingerprint density at radius 1 is 0.426 bits per heavy atom. The van der Waals surface area contributed by atoms with E-state index >= 15 is 0 Å². The zero-order chi connectivity index (χ0) is 69.0. The smallest absolute Gasteiger partial charge is 0.308 e. The minimum absolute atomic E-state index is 0.0118. The average molecular weight is 1700 g/mol. The van der Waals surface area contributed by atoms with Gasteiger partial charge < -0.3 is 41.0 Å². The molecule has 0 spiro atoms. The van der Waals surface area contributed by atoms with Crippen LogP contribution in [0.3, 0.4) is 0 Å². The third-order valence-corrected chi connectivity index (χ3v) is 19.0. The van der Waals surface area contributed by atoms with Gasteiger partial charge in [-0.3, -0.25) is 47.9 Å². The van der Waals surface area contributed by atoms with Gasteiger partial charge in [0.2, 0.25) is 23.6 Å². The van der Waals surface area contributed by atoms with Crippen molar-refractivity contribution in [3.8, 4) is 0 Å². The maximum Gasteiger partial charge on any atom is 0.308 e. The summed E-state index contributed by atoms with van der Waals surface area (Å²) in [5, 5.41) is 34.5. The first kappa shape index (κ1) is 81.3. The molecule has 0 atom stereocenters. The van der Waals surface area contributed by atoms with E-state index in [0.717, 1.165) is 11.1 Å². The quantitative estimate of drug-likeness (QED) is 0.0148. The Hall–Kier alpha value is -5.17. The predicted molar refractivity (Wildman–Crippen MR) is 389 cm³/mol. The number of amides is 4. The number of Topliss-reactive ketones (excluding diaryl/α,β-unsaturated/α-hetero) is 4. The van der Waals surface area contributed by atoms with Crippen molar-refractivity contribution >= 4 is 189 Å². The number of carbonyl (C=O) groups is 10. The van der Waals surface area contributed by atoms with Gasteiger partial charge in [-0.15, -0.1) is 0 Å². The Kier molecular flexibility index (Phi) is 38.6. The van der Waals surface area contributed by atoms with E-state index in [2.05, 4.69) is 208 Å². The van der Waals surface area contributed by atoms with Crippen molar-refractivity contribution < 1.29 is 67.6 Å². The van der Waals surface area contributed by atoms with Crippen LogP contribution in [0.15, 0.2) is 127 Å². The lowest BCUT2D eigenvalue weighted by Gasteiger charge is -2.25. The fourth-order valence-corrected chi connectivity index (χ4v) is 13.4. The molecule has 0 aliphatic heterocycles. The highest BCUT2D eigenvalue weighted by atomic mass is 80.0. The Balaban J connectivity index is 0.000000300. The number of hydrogen-bond acceptors (Lipinski definition) is 14. The summed E-state index contributed by atoms with van der Waals surface area (Å²) in [4.78, 5) is 120. The van der Waals surface area contributed by atoms with Crippen molar-refractivity contribution in [1.29, 1.82) is 0 Å². The Labute approximate surface area is 601 Å². The number of alkyl halides is 6. The third-order valence-electron chi connectivity index (χ3n) is 15.2. The zero-order valence-corrected chi connectivity index (χ0v) is 62.9. The molecule has 2 aliphatic carbocycles. The van der Waals surface area contributed by atoms with Crippen molar-refractivity contribution in [1.82, 2.24) is 10.6 Å². The van der Waals surface area contributed by atoms with Crippen LogP contribution in [0.4, 0.5) is 11.4 Å². The maximum atomic E-state index is 12.4. The van der Waals surface area contributed by atoms with E-state index in [1.54, 1.807) is 18.2 Å². The molecule has 2 fully saturated rings. The highest BCUT2D eigenvalue weighted by Crippen LogP contribution is 2.39. The lowest BCUT2D eigenvalue weighted by atomic mass is 9.79. The number of aliphatic hydroxyl groups excluding tert-OH is 2. The van der Waals surface area contributed by atoms with E-state index in [0.29, 0.717) is 84.5 Å². The second-order valence-electron chi connectivity index (χ2n) is 22.2. The van der Waals surface area contributed by atoms with Crippen molar-refractivity contribution in [2.24, 2.45) is 23.7 Å². The third kappa shape index (κ3) is 32.3. The molecule has 508 valence electrons. The van der Waals surface area contributed by atoms with Crippen LogP contribution in [0.25, 0.3) is 0 Å². The minimum atomic E-state index is -0.446. The van der Waals surface area contributed by atoms with E-state index in [-0.39, 0.29) is 149 Å². The molecular weight excluding hydrogens is 1620 g/mol. The molecule has 0 bridgehead atoms. The normalized spacial score (nSPS) is 15.7. The molecule has 4 amide bonds. The lowest BCUT2D eigenvalue weighted by molar-refractivity contribution is -0.148. The van der Waals surface area contributed by atoms with Crippen LogP contribution in [0.5, 0.6) is 0 Å². The van der Waals surface area contributed by atoms with Crippen LogP contribution < -0.4 is 37.2 Å². The van der Waals surface area contributed by atoms with Gasteiger partial charge in [0, 0.05) is 85.2 Å². The molecule has 25 heteroatoms. The van der Waals surface area contributed by atoms with E-state index in [4.69, 9.17) is 9.47 Å². The predicted octanol–water partition coefficient (Wildman–Crippen LogP) is 12.2. The standard InChI is InChI=1S/C25H32Br2N2O6.C25H34N2O8.C18H15P.CBr4/c1-35-25(34)19-4-2-18(3-5-19)22(31)7-9-23(32)28-15-21(30)6-8-24(33)29-20-11-16(13-26)10-17(12-20)14-27;1-35-25(34)19-4-2-18(3-5-19)22(31)7-9-23(32)26-13-21(30)6-8-24(33)27-20-11-16(14-28)10-17(12-20)15-29;1-4-10-16(11-5-1)19(17-12-6-2-7-13-17)18-14-8-3-9-15-18;2-1(3,4)5/h10-12,18-19H,2-9,13-15H2,1H3,(H,28,32)(H,29,33);10-12,18-19,28-29H,2-9,13-15H2,1H3,(H,26,32)(H,27,33);1-15H;. The highest BCUT2D eigenvalue weighted by Gasteiger charge is 2.32. The van der Waals surface area contributed by atoms with E-state index < -0.39 is 19.7 Å². The molecule has 0 aromatic heterocycles. The number of esters is 2. The number of hydrogen-bond donors (Lipinski definition) is 6. The van der Waals surface area contributed by atoms with Crippen molar-refractivity contribution in [3.63, 3.8) is 0 Å². The largest absolute Gasteiger partial charge is 0.469 e. The highest BCUT2D eigenvalue weighted by molar-refractivity contribution is 9.52. The van der Waals surface area contributed by atoms with Crippen molar-refractivity contribution in [2.75, 3.05) is 37.9 Å². The molecule has 2 aliphatic rings. The first-order valence-electron chi connectivity index (χ1n) is 30.6. The van der Waals surface area contributed by atoms with Crippen LogP contribution in [0, 0.1) is 23.7 Å². The molecule has 0 radical (unpaired) electrons. The molecular formula is C69H81Br6N4O14P. The summed E-state index contributed by atoms with van der Waals surface area (Å²) >= 11 is 19.3. The second kappa shape index (κ2) is 44.6. The van der Waals surface area contributed by atoms with Gasteiger partial charge in [0.05, 0.1) is 52.4 Å². The Morgan fingerprint density at radius 3 is 1.01 bits per heavy atom. The van der Waals surface area contributed by atoms with Gasteiger partial charge >= 0.3 is 11.9 Å². The fourth-order valence-electron chi connectivity index (χ4n) is 10.4. The molecule has 0 heterocycles. The molecule has 94 heavy (non-hydrogen) atoms. The van der Waals surface area contributed by atoms with Crippen LogP contribution in [0.1, 0.15) is 125 Å². The molecule has 2 saturated carbocycles. The van der Waals surface area contributed by atoms with Crippen LogP contribution >= 0.6 is 104 Å². The number of benzene rings is 5. The van der Waals surface area contributed by atoms with Gasteiger partial charge in [-0.1, -0.05) is 135 Å². The molecule has 0 saturated heterocycles. The Morgan fingerprint density at radius 2 is 0.713 bits per heavy atom. The molecule has 5 aromatic carbocycles. The SMILES string of the molecule is BrC(Br)(Br)Br.COC(=O)C1CCC(C(=O)CCC(=O)NCC(=O)CCC(=O)Nc2cc(CBr)cc(CBr)c2)CC1.COC(=O)C1CCC(C(=O)CCC(=O)NCC(=O)CCC(=O)Nc2cc(CO)cc(CO)c2)CC1.c1ccc(P(c2ccccc2)c2ccccc2)cc1. The Bertz CT molecular complexity index is 2960. The molecule has 18 nitrogen and oxygen atoms in total. The second-order valence-corrected chi connectivity index (χ2v) is 36.7. The number of aliphatic hydroxyl groups is 2. The number of nitrogens with one attached hydrogen (secondary N) is 4. The average Bonchev–Trinajstić information content (AvgIpc) is 1.43. The number of methoxy groups -OCH3 is 2. The summed E-state index contributed by atoms with van der Waals surface area (Å²) in [6, 6.07) is 42.8. The zero-order valence-electron chi connectivity index (χ0n) is 52.5. The minimum Gasteiger partial charge on any atom is -0.469 e. The van der Waals surface area contributed by atoms with Gasteiger partial charge in [0.1, 0.15) is 11.6 Å². The number of ketones is 4. The van der Waals surface area contributed by atoms with Crippen molar-refractivity contribution in [3.05, 3.63) is 150 Å². The maximum absolute atomic E-state index is 12.4. The van der Waals surface area contributed by atoms with Gasteiger partial charge in [-0.05, 0) is 185 Å². The first-order chi connectivity index (χ1) is 44.9. The summed E-state index contributed by atoms with van der Waals surface area (Å²) in [7, 11) is 2.27. The molecule has 7 rings (SSSR count). The van der Waals surface area contributed by atoms with E-state index in [1.165, 1.54) is 30.1 Å². The topological polar surface area (TPSA) is 278 Å². The first-order valence-corrected chi connectivity index (χ1v) is 37.4. The fraction of sp³-hybridized carbons (Fsp3) is 0.420. The van der Waals surface area contributed by atoms with Gasteiger partial charge in [-0.25, -0.2) is 0 Å². The number of anilines is 2. The number of ether oxygens (including phenoxy) is 2. The van der Waals surface area contributed by atoms with Crippen LogP contribution in [-0.2, 0) is 81.3 Å². The van der Waals surface area contributed by atoms with Crippen LogP contribution in [0.2, 0.25) is 0 Å². The number of carbonyl (C=O) groups excluding carboxylic acids is 10. The summed E-state index contributed by atoms with van der Waals surface area (Å²) in [6.07, 6.45) is 4.98. The van der Waals surface area contributed by atoms with Gasteiger partial charge in [0.15, 0.2) is 12.6 Å². The van der Waals surface area contributed by atoms with Crippen molar-refractivity contribution in [2.45, 2.75) is 128 Å². The monoisotopic (exact) mass is 1690 g/mol. The number of rotatable bonds is 29. The molecule has 5 aromatic rings. The molecule has 0 unspecified atom stereocenters. The summed E-state index contributed by atoms with van der Waals surface area (Å²) < 4.78 is 9.25. The van der Waals surface area contributed by atoms with E-state index in [1.807, 2.05) is 18.2 Å². The summed E-state index contributed by atoms with van der Waals surface area (Å²) in [6.45, 7) is -0.870. The molecule has 6 N–H and O–H groups in total. The lowest BCUT2D eigenvalue weighted by Crippen LogP contribution is -2.31. The van der Waals surface area contributed by atoms with Gasteiger partial charge in [0.25, 0.3) is 0 Å².